The summed E-state index contributed by atoms with van der Waals surface area (Å²) in [5.74, 6) is -0.525. The van der Waals surface area contributed by atoms with Gasteiger partial charge in [0.2, 0.25) is 0 Å². The van der Waals surface area contributed by atoms with Crippen molar-refractivity contribution in [3.05, 3.63) is 64.9 Å². The number of ether oxygens (including phenoxy) is 2. The van der Waals surface area contributed by atoms with Gasteiger partial charge in [0.15, 0.2) is 0 Å². The molecule has 0 saturated heterocycles. The minimum absolute atomic E-state index is 0.187. The normalized spacial score (nSPS) is 11.7. The van der Waals surface area contributed by atoms with Gasteiger partial charge in [-0.25, -0.2) is 4.79 Å². The van der Waals surface area contributed by atoms with Crippen LogP contribution >= 0.6 is 67.8 Å². The Morgan fingerprint density at radius 1 is 0.771 bits per heavy atom. The van der Waals surface area contributed by atoms with Crippen molar-refractivity contribution >= 4 is 79.7 Å². The third-order valence-corrected chi connectivity index (χ3v) is 8.69. The zero-order valence-corrected chi connectivity index (χ0v) is 27.1. The van der Waals surface area contributed by atoms with Gasteiger partial charge >= 0.3 is 11.9 Å². The summed E-state index contributed by atoms with van der Waals surface area (Å²) in [6, 6.07) is 3.84. The second kappa shape index (κ2) is 21.6. The zero-order chi connectivity index (χ0) is 25.7. The van der Waals surface area contributed by atoms with E-state index in [4.69, 9.17) is 9.47 Å². The van der Waals surface area contributed by atoms with Gasteiger partial charge in [-0.1, -0.05) is 56.2 Å². The Hall–Kier alpha value is -0.430. The smallest absolute Gasteiger partial charge is 0.339 e. The first-order valence-electron chi connectivity index (χ1n) is 12.4. The van der Waals surface area contributed by atoms with Crippen LogP contribution in [0.4, 0.5) is 0 Å². The number of rotatable bonds is 18. The molecular formula is C28H37I3O4. The Labute approximate surface area is 252 Å². The standard InChI is InChI=1S/C28H37I3O4/c1-2-3-4-5-6-7-8-9-10-11-12-13-14-15-16-18-26(32)34-19-17-20-35-28(33)24-21-23(29)22-25(30)27(24)31/h6-7,9-10,12-13,21-22H,2-5,8,11,14-20H2,1H3/b7-6-,10-9-,13-12-. The largest absolute Gasteiger partial charge is 0.466 e. The van der Waals surface area contributed by atoms with E-state index in [-0.39, 0.29) is 25.2 Å². The predicted molar refractivity (Wildman–Crippen MR) is 170 cm³/mol. The van der Waals surface area contributed by atoms with Crippen molar-refractivity contribution in [1.82, 2.24) is 0 Å². The Morgan fingerprint density at radius 3 is 2.03 bits per heavy atom. The first kappa shape index (κ1) is 32.6. The van der Waals surface area contributed by atoms with Crippen LogP contribution in [0.5, 0.6) is 0 Å². The molecule has 0 aliphatic rings. The van der Waals surface area contributed by atoms with E-state index < -0.39 is 0 Å². The summed E-state index contributed by atoms with van der Waals surface area (Å²) in [5, 5.41) is 0. The van der Waals surface area contributed by atoms with E-state index in [1.165, 1.54) is 25.7 Å². The molecular weight excluding hydrogens is 781 g/mol. The Morgan fingerprint density at radius 2 is 1.37 bits per heavy atom. The van der Waals surface area contributed by atoms with Crippen molar-refractivity contribution in [1.29, 1.82) is 0 Å². The van der Waals surface area contributed by atoms with Gasteiger partial charge in [0.05, 0.1) is 18.8 Å². The van der Waals surface area contributed by atoms with E-state index in [0.717, 1.165) is 42.8 Å². The topological polar surface area (TPSA) is 52.6 Å². The molecule has 0 saturated carbocycles. The molecule has 0 N–H and O–H groups in total. The Bertz CT molecular complexity index is 847. The Balaban J connectivity index is 2.01. The van der Waals surface area contributed by atoms with E-state index in [1.807, 2.05) is 12.1 Å². The lowest BCUT2D eigenvalue weighted by atomic mass is 10.1. The summed E-state index contributed by atoms with van der Waals surface area (Å²) >= 11 is 6.56. The van der Waals surface area contributed by atoms with Crippen molar-refractivity contribution in [3.63, 3.8) is 0 Å². The molecule has 0 bridgehead atoms. The summed E-state index contributed by atoms with van der Waals surface area (Å²) in [7, 11) is 0. The highest BCUT2D eigenvalue weighted by Gasteiger charge is 2.15. The molecule has 1 aromatic carbocycles. The number of hydrogen-bond donors (Lipinski definition) is 0. The summed E-state index contributed by atoms with van der Waals surface area (Å²) in [4.78, 5) is 24.1. The van der Waals surface area contributed by atoms with Crippen LogP contribution in [0.1, 0.15) is 87.9 Å². The fraction of sp³-hybridized carbons (Fsp3) is 0.500. The van der Waals surface area contributed by atoms with Crippen LogP contribution in [0.25, 0.3) is 0 Å². The maximum Gasteiger partial charge on any atom is 0.339 e. The summed E-state index contributed by atoms with van der Waals surface area (Å²) in [5.41, 5.74) is 0.578. The van der Waals surface area contributed by atoms with Crippen LogP contribution in [0.15, 0.2) is 48.6 Å². The number of carbonyl (C=O) groups excluding carboxylic acids is 2. The summed E-state index contributed by atoms with van der Waals surface area (Å²) in [6.45, 7) is 2.74. The first-order valence-corrected chi connectivity index (χ1v) is 15.6. The third kappa shape index (κ3) is 16.8. The van der Waals surface area contributed by atoms with Crippen LogP contribution < -0.4 is 0 Å². The van der Waals surface area contributed by atoms with E-state index in [2.05, 4.69) is 111 Å². The van der Waals surface area contributed by atoms with Crippen molar-refractivity contribution in [2.75, 3.05) is 13.2 Å². The molecule has 0 aromatic heterocycles. The zero-order valence-electron chi connectivity index (χ0n) is 20.6. The average molecular weight is 818 g/mol. The van der Waals surface area contributed by atoms with Gasteiger partial charge in [0, 0.05) is 23.6 Å². The molecule has 0 aliphatic carbocycles. The molecule has 0 unspecified atom stereocenters. The predicted octanol–water partition coefficient (Wildman–Crippen LogP) is 9.18. The maximum absolute atomic E-state index is 12.3. The Kier molecular flexibility index (Phi) is 20.2. The van der Waals surface area contributed by atoms with Crippen molar-refractivity contribution in [2.24, 2.45) is 0 Å². The highest BCUT2D eigenvalue weighted by atomic mass is 127. The highest BCUT2D eigenvalue weighted by molar-refractivity contribution is 14.1. The van der Waals surface area contributed by atoms with Crippen LogP contribution in [-0.2, 0) is 14.3 Å². The molecule has 1 rings (SSSR count). The lowest BCUT2D eigenvalue weighted by Crippen LogP contribution is -2.12. The molecule has 1 aromatic rings. The van der Waals surface area contributed by atoms with Gasteiger partial charge < -0.3 is 9.47 Å². The van der Waals surface area contributed by atoms with Crippen molar-refractivity contribution in [3.8, 4) is 0 Å². The molecule has 0 radical (unpaired) electrons. The third-order valence-electron chi connectivity index (χ3n) is 5.02. The van der Waals surface area contributed by atoms with Gasteiger partial charge in [-0.15, -0.1) is 0 Å². The molecule has 0 heterocycles. The van der Waals surface area contributed by atoms with E-state index in [0.29, 0.717) is 18.4 Å². The molecule has 0 amide bonds. The van der Waals surface area contributed by atoms with E-state index >= 15 is 0 Å². The number of carbonyl (C=O) groups is 2. The SMILES string of the molecule is CCCCC/C=C\C/C=C\C/C=C\CCCCC(=O)OCCCOC(=O)c1cc(I)cc(I)c1I. The fourth-order valence-electron chi connectivity index (χ4n) is 3.09. The van der Waals surface area contributed by atoms with Crippen LogP contribution in [-0.4, -0.2) is 25.2 Å². The minimum Gasteiger partial charge on any atom is -0.466 e. The van der Waals surface area contributed by atoms with E-state index in [9.17, 15) is 9.59 Å². The van der Waals surface area contributed by atoms with E-state index in [1.54, 1.807) is 0 Å². The van der Waals surface area contributed by atoms with Crippen LogP contribution in [0, 0.1) is 10.7 Å². The molecule has 0 spiro atoms. The van der Waals surface area contributed by atoms with Crippen molar-refractivity contribution in [2.45, 2.75) is 77.6 Å². The number of unbranched alkanes of at least 4 members (excludes halogenated alkanes) is 5. The summed E-state index contributed by atoms with van der Waals surface area (Å²) in [6.07, 6.45) is 24.0. The number of benzene rings is 1. The summed E-state index contributed by atoms with van der Waals surface area (Å²) < 4.78 is 13.5. The monoisotopic (exact) mass is 818 g/mol. The van der Waals surface area contributed by atoms with Gasteiger partial charge in [-0.2, -0.15) is 0 Å². The number of hydrogen-bond acceptors (Lipinski definition) is 4. The van der Waals surface area contributed by atoms with Crippen LogP contribution in [0.2, 0.25) is 0 Å². The molecule has 35 heavy (non-hydrogen) atoms. The second-order valence-corrected chi connectivity index (χ2v) is 11.6. The maximum atomic E-state index is 12.3. The fourth-order valence-corrected chi connectivity index (χ4v) is 5.46. The first-order chi connectivity index (χ1) is 17.0. The lowest BCUT2D eigenvalue weighted by Gasteiger charge is -2.09. The second-order valence-electron chi connectivity index (χ2n) is 8.09. The molecule has 0 atom stereocenters. The van der Waals surface area contributed by atoms with Gasteiger partial charge in [0.25, 0.3) is 0 Å². The van der Waals surface area contributed by atoms with Crippen LogP contribution in [0.3, 0.4) is 0 Å². The highest BCUT2D eigenvalue weighted by Crippen LogP contribution is 2.23. The lowest BCUT2D eigenvalue weighted by molar-refractivity contribution is -0.144. The minimum atomic E-state index is -0.338. The molecule has 0 fully saturated rings. The molecule has 194 valence electrons. The number of allylic oxidation sites excluding steroid dienone is 6. The molecule has 7 heteroatoms. The van der Waals surface area contributed by atoms with Crippen molar-refractivity contribution < 1.29 is 19.1 Å². The molecule has 4 nitrogen and oxygen atoms in total. The number of halogens is 3. The van der Waals surface area contributed by atoms with Gasteiger partial charge in [0.1, 0.15) is 0 Å². The molecule has 0 aliphatic heterocycles. The van der Waals surface area contributed by atoms with Gasteiger partial charge in [-0.05, 0) is 125 Å². The average Bonchev–Trinajstić information content (AvgIpc) is 2.83. The number of esters is 2. The quantitative estimate of drug-likeness (QED) is 0.0488. The van der Waals surface area contributed by atoms with Gasteiger partial charge in [-0.3, -0.25) is 4.79 Å².